The summed E-state index contributed by atoms with van der Waals surface area (Å²) in [6, 6.07) is 0. The van der Waals surface area contributed by atoms with E-state index in [0.717, 1.165) is 0 Å². The average molecular weight is 227 g/mol. The molecule has 1 nitrogen and oxygen atoms in total. The molecule has 0 saturated heterocycles. The predicted octanol–water partition coefficient (Wildman–Crippen LogP) is 3.08. The van der Waals surface area contributed by atoms with Crippen LogP contribution in [0.4, 0.5) is 30.8 Å². The molecule has 0 unspecified atom stereocenters. The molecule has 0 atom stereocenters. The quantitative estimate of drug-likeness (QED) is 0.527. The van der Waals surface area contributed by atoms with E-state index in [4.69, 9.17) is 0 Å². The Kier molecular flexibility index (Phi) is 4.63. The van der Waals surface area contributed by atoms with Gasteiger partial charge in [-0.1, -0.05) is 0 Å². The molecular formula is C6H8F7N. The zero-order chi connectivity index (χ0) is 11.4. The van der Waals surface area contributed by atoms with Crippen LogP contribution in [-0.2, 0) is 0 Å². The van der Waals surface area contributed by atoms with Gasteiger partial charge < -0.3 is 0 Å². The Morgan fingerprint density at radius 3 is 1.21 bits per heavy atom. The van der Waals surface area contributed by atoms with Crippen LogP contribution in [0.3, 0.4) is 0 Å². The summed E-state index contributed by atoms with van der Waals surface area (Å²) in [6.07, 6.45) is -12.0. The molecule has 0 saturated carbocycles. The van der Waals surface area contributed by atoms with Gasteiger partial charge in [-0.05, 0) is 0 Å². The van der Waals surface area contributed by atoms with Crippen molar-refractivity contribution in [3.05, 3.63) is 0 Å². The van der Waals surface area contributed by atoms with Crippen LogP contribution in [0.5, 0.6) is 0 Å². The topological polar surface area (TPSA) is 3.24 Å². The van der Waals surface area contributed by atoms with Crippen LogP contribution in [0.1, 0.15) is 12.8 Å². The lowest BCUT2D eigenvalue weighted by Gasteiger charge is -2.14. The van der Waals surface area contributed by atoms with Crippen LogP contribution in [0.2, 0.25) is 0 Å². The molecule has 0 fully saturated rings. The van der Waals surface area contributed by atoms with Crippen molar-refractivity contribution in [3.63, 3.8) is 0 Å². The Bertz CT molecular complexity index is 143. The average Bonchev–Trinajstić information content (AvgIpc) is 1.94. The molecule has 0 aromatic rings. The smallest absolute Gasteiger partial charge is 0.171 e. The fourth-order valence-corrected chi connectivity index (χ4v) is 0.608. The van der Waals surface area contributed by atoms with Crippen LogP contribution in [0, 0.1) is 0 Å². The Morgan fingerprint density at radius 1 is 0.714 bits per heavy atom. The lowest BCUT2D eigenvalue weighted by molar-refractivity contribution is -0.160. The second-order valence-electron chi connectivity index (χ2n) is 2.64. The van der Waals surface area contributed by atoms with Gasteiger partial charge in [-0.15, -0.1) is 9.60 Å². The lowest BCUT2D eigenvalue weighted by Crippen LogP contribution is -2.25. The molecule has 0 heterocycles. The van der Waals surface area contributed by atoms with E-state index in [1.54, 1.807) is 0 Å². The summed E-state index contributed by atoms with van der Waals surface area (Å²) in [4.78, 5) is 0. The molecule has 0 aromatic heterocycles. The van der Waals surface area contributed by atoms with Crippen molar-refractivity contribution in [1.29, 1.82) is 0 Å². The predicted molar refractivity (Wildman–Crippen MR) is 34.0 cm³/mol. The van der Waals surface area contributed by atoms with Gasteiger partial charge in [0.15, 0.2) is 0 Å². The molecule has 0 aliphatic heterocycles. The highest BCUT2D eigenvalue weighted by Gasteiger charge is 2.30. The molecular weight excluding hydrogens is 219 g/mol. The van der Waals surface area contributed by atoms with Gasteiger partial charge in [0.25, 0.3) is 0 Å². The zero-order valence-corrected chi connectivity index (χ0v) is 6.92. The zero-order valence-electron chi connectivity index (χ0n) is 6.92. The summed E-state index contributed by atoms with van der Waals surface area (Å²) in [7, 11) is 0. The Balaban J connectivity index is 3.62. The van der Waals surface area contributed by atoms with E-state index in [1.807, 2.05) is 0 Å². The normalized spacial score (nSPS) is 13.7. The van der Waals surface area contributed by atoms with Crippen molar-refractivity contribution >= 4 is 0 Å². The third kappa shape index (κ3) is 9.56. The maximum atomic E-state index is 12.3. The largest absolute Gasteiger partial charge is 0.390 e. The van der Waals surface area contributed by atoms with Gasteiger partial charge in [0, 0.05) is 13.1 Å². The minimum Gasteiger partial charge on any atom is -0.171 e. The van der Waals surface area contributed by atoms with Crippen molar-refractivity contribution in [1.82, 2.24) is 5.12 Å². The summed E-state index contributed by atoms with van der Waals surface area (Å²) in [6.45, 7) is -2.14. The van der Waals surface area contributed by atoms with E-state index in [-0.39, 0.29) is 0 Å². The molecule has 0 bridgehead atoms. The van der Waals surface area contributed by atoms with Gasteiger partial charge in [-0.2, -0.15) is 26.3 Å². The molecule has 0 aliphatic rings. The number of rotatable bonds is 4. The Morgan fingerprint density at radius 2 is 1.00 bits per heavy atom. The van der Waals surface area contributed by atoms with E-state index in [9.17, 15) is 30.8 Å². The van der Waals surface area contributed by atoms with Crippen molar-refractivity contribution in [2.75, 3.05) is 13.1 Å². The van der Waals surface area contributed by atoms with Gasteiger partial charge >= 0.3 is 12.4 Å². The highest BCUT2D eigenvalue weighted by molar-refractivity contribution is 4.57. The molecule has 0 amide bonds. The molecule has 8 heteroatoms. The van der Waals surface area contributed by atoms with Crippen molar-refractivity contribution in [2.45, 2.75) is 25.2 Å². The summed E-state index contributed by atoms with van der Waals surface area (Å²) < 4.78 is 81.1. The first-order valence-corrected chi connectivity index (χ1v) is 3.64. The van der Waals surface area contributed by atoms with E-state index >= 15 is 0 Å². The maximum Gasteiger partial charge on any atom is 0.390 e. The molecule has 0 N–H and O–H groups in total. The summed E-state index contributed by atoms with van der Waals surface area (Å²) in [5, 5.41) is -0.485. The minimum absolute atomic E-state index is 0.485. The second kappa shape index (κ2) is 4.81. The van der Waals surface area contributed by atoms with E-state index in [0.29, 0.717) is 0 Å². The molecule has 0 aromatic carbocycles. The first-order valence-electron chi connectivity index (χ1n) is 3.64. The summed E-state index contributed by atoms with van der Waals surface area (Å²) in [5.41, 5.74) is 0. The van der Waals surface area contributed by atoms with Crippen LogP contribution in [0.25, 0.3) is 0 Å². The fraction of sp³-hybridized carbons (Fsp3) is 1.00. The summed E-state index contributed by atoms with van der Waals surface area (Å²) >= 11 is 0. The van der Waals surface area contributed by atoms with Crippen LogP contribution in [-0.4, -0.2) is 30.6 Å². The van der Waals surface area contributed by atoms with E-state index in [2.05, 4.69) is 0 Å². The van der Waals surface area contributed by atoms with Crippen molar-refractivity contribution in [3.8, 4) is 0 Å². The van der Waals surface area contributed by atoms with E-state index < -0.39 is 43.4 Å². The van der Waals surface area contributed by atoms with Gasteiger partial charge in [0.2, 0.25) is 0 Å². The monoisotopic (exact) mass is 227 g/mol. The first-order chi connectivity index (χ1) is 6.10. The van der Waals surface area contributed by atoms with Crippen LogP contribution in [0.15, 0.2) is 0 Å². The molecule has 0 radical (unpaired) electrons. The molecule has 86 valence electrons. The number of hydrogen-bond acceptors (Lipinski definition) is 1. The second-order valence-corrected chi connectivity index (χ2v) is 2.64. The Hall–Kier alpha value is -0.530. The van der Waals surface area contributed by atoms with Gasteiger partial charge in [-0.25, -0.2) is 0 Å². The Labute approximate surface area is 75.4 Å². The SMILES string of the molecule is FN(CCC(F)(F)F)CCC(F)(F)F. The van der Waals surface area contributed by atoms with Gasteiger partial charge in [0.05, 0.1) is 12.8 Å². The van der Waals surface area contributed by atoms with Crippen molar-refractivity contribution < 1.29 is 30.8 Å². The lowest BCUT2D eigenvalue weighted by atomic mass is 10.3. The highest BCUT2D eigenvalue weighted by Crippen LogP contribution is 2.22. The minimum atomic E-state index is -4.55. The molecule has 0 aliphatic carbocycles. The van der Waals surface area contributed by atoms with E-state index in [1.165, 1.54) is 0 Å². The van der Waals surface area contributed by atoms with Crippen LogP contribution < -0.4 is 0 Å². The first kappa shape index (κ1) is 13.5. The van der Waals surface area contributed by atoms with Gasteiger partial charge in [0.1, 0.15) is 0 Å². The number of halogens is 7. The molecule has 14 heavy (non-hydrogen) atoms. The highest BCUT2D eigenvalue weighted by atomic mass is 19.4. The number of alkyl halides is 6. The van der Waals surface area contributed by atoms with Crippen LogP contribution >= 0.6 is 0 Å². The summed E-state index contributed by atoms with van der Waals surface area (Å²) in [5.74, 6) is 0. The number of hydrogen-bond donors (Lipinski definition) is 0. The molecule has 0 spiro atoms. The van der Waals surface area contributed by atoms with Gasteiger partial charge in [-0.3, -0.25) is 0 Å². The molecule has 0 rings (SSSR count). The van der Waals surface area contributed by atoms with Crippen molar-refractivity contribution in [2.24, 2.45) is 0 Å². The maximum absolute atomic E-state index is 12.3. The standard InChI is InChI=1S/C6H8F7N/c7-5(8,9)1-3-14(13)4-2-6(10,11)12/h1-4H2. The third-order valence-corrected chi connectivity index (χ3v) is 1.28. The third-order valence-electron chi connectivity index (χ3n) is 1.28. The fourth-order valence-electron chi connectivity index (χ4n) is 0.608. The number of nitrogens with zero attached hydrogens (tertiary/aromatic N) is 1.